The van der Waals surface area contributed by atoms with Crippen LogP contribution < -0.4 is 0 Å². The Kier molecular flexibility index (Phi) is 3.10. The van der Waals surface area contributed by atoms with Crippen molar-refractivity contribution in [1.82, 2.24) is 0 Å². The molecule has 5 atom stereocenters. The lowest BCUT2D eigenvalue weighted by atomic mass is 9.52. The molecule has 4 aliphatic rings. The second-order valence-corrected chi connectivity index (χ2v) is 8.93. The number of aldehydes is 1. The number of aliphatic hydroxyl groups is 1. The molecule has 0 amide bonds. The summed E-state index contributed by atoms with van der Waals surface area (Å²) < 4.78 is 5.95. The van der Waals surface area contributed by atoms with E-state index in [0.717, 1.165) is 25.5 Å². The van der Waals surface area contributed by atoms with Gasteiger partial charge in [0.2, 0.25) is 0 Å². The zero-order valence-corrected chi connectivity index (χ0v) is 14.7. The fourth-order valence-electron chi connectivity index (χ4n) is 5.85. The van der Waals surface area contributed by atoms with Gasteiger partial charge in [0.25, 0.3) is 0 Å². The van der Waals surface area contributed by atoms with Gasteiger partial charge in [-0.25, -0.2) is 0 Å². The van der Waals surface area contributed by atoms with Gasteiger partial charge in [0.1, 0.15) is 6.29 Å². The molecule has 2 fully saturated rings. The van der Waals surface area contributed by atoms with Gasteiger partial charge >= 0.3 is 0 Å². The summed E-state index contributed by atoms with van der Waals surface area (Å²) in [6.45, 7) is 9.16. The van der Waals surface area contributed by atoms with Crippen LogP contribution in [0.2, 0.25) is 0 Å². The fraction of sp³-hybridized carbons (Fsp3) is 0.750. The Labute approximate surface area is 138 Å². The van der Waals surface area contributed by atoms with Crippen LogP contribution in [0.25, 0.3) is 0 Å². The Bertz CT molecular complexity index is 631. The number of allylic oxidation sites excluding steroid dienone is 2. The van der Waals surface area contributed by atoms with Gasteiger partial charge in [0.05, 0.1) is 6.10 Å². The van der Waals surface area contributed by atoms with E-state index in [1.807, 2.05) is 0 Å². The summed E-state index contributed by atoms with van der Waals surface area (Å²) in [5.74, 6) is -0.406. The summed E-state index contributed by atoms with van der Waals surface area (Å²) in [6, 6.07) is 0. The topological polar surface area (TPSA) is 46.5 Å². The maximum Gasteiger partial charge on any atom is 0.192 e. The highest BCUT2D eigenvalue weighted by molar-refractivity contribution is 5.76. The minimum atomic E-state index is -1.28. The lowest BCUT2D eigenvalue weighted by Gasteiger charge is -2.57. The van der Waals surface area contributed by atoms with Gasteiger partial charge in [-0.05, 0) is 55.4 Å². The number of fused-ring (bicyclic) bond motifs is 6. The third-order valence-corrected chi connectivity index (χ3v) is 7.41. The van der Waals surface area contributed by atoms with Gasteiger partial charge in [0.15, 0.2) is 5.79 Å². The third-order valence-electron chi connectivity index (χ3n) is 7.41. The SMILES string of the molecule is CC(C)C1=C2C3CC4OC(O)(C=C4C=O)C3(C)CCC2(C)CC1. The van der Waals surface area contributed by atoms with E-state index in [9.17, 15) is 9.90 Å². The molecule has 0 spiro atoms. The van der Waals surface area contributed by atoms with E-state index in [1.165, 1.54) is 12.8 Å². The lowest BCUT2D eigenvalue weighted by Crippen LogP contribution is -2.58. The van der Waals surface area contributed by atoms with Crippen LogP contribution >= 0.6 is 0 Å². The molecule has 0 aromatic carbocycles. The van der Waals surface area contributed by atoms with Crippen LogP contribution in [-0.4, -0.2) is 23.3 Å². The van der Waals surface area contributed by atoms with Crippen molar-refractivity contribution >= 4 is 6.29 Å². The molecule has 2 aliphatic carbocycles. The summed E-state index contributed by atoms with van der Waals surface area (Å²) in [7, 11) is 0. The van der Waals surface area contributed by atoms with Crippen molar-refractivity contribution in [2.75, 3.05) is 0 Å². The predicted octanol–water partition coefficient (Wildman–Crippen LogP) is 3.77. The number of hydrogen-bond acceptors (Lipinski definition) is 3. The Morgan fingerprint density at radius 1 is 1.30 bits per heavy atom. The Balaban J connectivity index is 1.86. The van der Waals surface area contributed by atoms with Crippen molar-refractivity contribution < 1.29 is 14.6 Å². The largest absolute Gasteiger partial charge is 0.362 e. The van der Waals surface area contributed by atoms with E-state index in [-0.39, 0.29) is 16.9 Å². The van der Waals surface area contributed by atoms with E-state index in [1.54, 1.807) is 17.2 Å². The van der Waals surface area contributed by atoms with Crippen LogP contribution in [0.3, 0.4) is 0 Å². The van der Waals surface area contributed by atoms with Gasteiger partial charge in [-0.1, -0.05) is 38.8 Å². The van der Waals surface area contributed by atoms with Crippen molar-refractivity contribution in [3.8, 4) is 0 Å². The smallest absolute Gasteiger partial charge is 0.192 e. The lowest BCUT2D eigenvalue weighted by molar-refractivity contribution is -0.288. The van der Waals surface area contributed by atoms with Crippen molar-refractivity contribution in [2.45, 2.75) is 71.7 Å². The summed E-state index contributed by atoms with van der Waals surface area (Å²) in [4.78, 5) is 11.4. The minimum absolute atomic E-state index is 0.237. The molecule has 0 aromatic rings. The molecule has 5 unspecified atom stereocenters. The molecule has 3 nitrogen and oxygen atoms in total. The van der Waals surface area contributed by atoms with Gasteiger partial charge in [0, 0.05) is 11.0 Å². The quantitative estimate of drug-likeness (QED) is 0.623. The van der Waals surface area contributed by atoms with Gasteiger partial charge in [-0.2, -0.15) is 0 Å². The number of carbonyl (C=O) groups is 1. The first kappa shape index (κ1) is 15.6. The maximum absolute atomic E-state index is 11.4. The van der Waals surface area contributed by atoms with Crippen LogP contribution in [0.15, 0.2) is 22.8 Å². The van der Waals surface area contributed by atoms with Crippen LogP contribution in [0.5, 0.6) is 0 Å². The monoisotopic (exact) mass is 316 g/mol. The van der Waals surface area contributed by atoms with E-state index < -0.39 is 5.79 Å². The van der Waals surface area contributed by atoms with Crippen molar-refractivity contribution in [3.05, 3.63) is 22.8 Å². The normalized spacial score (nSPS) is 48.3. The fourth-order valence-corrected chi connectivity index (χ4v) is 5.85. The maximum atomic E-state index is 11.4. The molecule has 0 aromatic heterocycles. The highest BCUT2D eigenvalue weighted by atomic mass is 16.6. The van der Waals surface area contributed by atoms with Gasteiger partial charge in [-0.3, -0.25) is 4.79 Å². The molecule has 4 rings (SSSR count). The summed E-state index contributed by atoms with van der Waals surface area (Å²) in [6.07, 6.45) is 7.66. The molecular weight excluding hydrogens is 288 g/mol. The van der Waals surface area contributed by atoms with Crippen LogP contribution in [-0.2, 0) is 9.53 Å². The van der Waals surface area contributed by atoms with Gasteiger partial charge < -0.3 is 9.84 Å². The first-order valence-corrected chi connectivity index (χ1v) is 9.06. The highest BCUT2D eigenvalue weighted by Crippen LogP contribution is 2.67. The average Bonchev–Trinajstić information content (AvgIpc) is 2.98. The first-order chi connectivity index (χ1) is 10.7. The van der Waals surface area contributed by atoms with E-state index >= 15 is 0 Å². The average molecular weight is 316 g/mol. The Hall–Kier alpha value is -0.930. The third kappa shape index (κ3) is 1.81. The second-order valence-electron chi connectivity index (χ2n) is 8.93. The van der Waals surface area contributed by atoms with E-state index in [2.05, 4.69) is 27.7 Å². The van der Waals surface area contributed by atoms with Crippen LogP contribution in [0.4, 0.5) is 0 Å². The number of ether oxygens (including phenoxy) is 1. The van der Waals surface area contributed by atoms with Gasteiger partial charge in [-0.15, -0.1) is 0 Å². The van der Waals surface area contributed by atoms with E-state index in [0.29, 0.717) is 17.4 Å². The molecule has 126 valence electrons. The van der Waals surface area contributed by atoms with Crippen molar-refractivity contribution in [3.63, 3.8) is 0 Å². The Morgan fingerprint density at radius 2 is 2.04 bits per heavy atom. The van der Waals surface area contributed by atoms with E-state index in [4.69, 9.17) is 4.74 Å². The molecule has 23 heavy (non-hydrogen) atoms. The molecular formula is C20H28O3. The van der Waals surface area contributed by atoms with Crippen molar-refractivity contribution in [2.24, 2.45) is 22.7 Å². The highest BCUT2D eigenvalue weighted by Gasteiger charge is 2.65. The molecule has 0 radical (unpaired) electrons. The summed E-state index contributed by atoms with van der Waals surface area (Å²) in [5.41, 5.74) is 3.77. The number of hydrogen-bond donors (Lipinski definition) is 1. The zero-order valence-electron chi connectivity index (χ0n) is 14.7. The Morgan fingerprint density at radius 3 is 2.70 bits per heavy atom. The molecule has 1 saturated heterocycles. The summed E-state index contributed by atoms with van der Waals surface area (Å²) >= 11 is 0. The van der Waals surface area contributed by atoms with Crippen LogP contribution in [0, 0.1) is 22.7 Å². The first-order valence-electron chi connectivity index (χ1n) is 9.06. The molecule has 1 N–H and O–H groups in total. The molecule has 2 bridgehead atoms. The number of carbonyl (C=O) groups excluding carboxylic acids is 1. The molecule has 1 saturated carbocycles. The second kappa shape index (κ2) is 4.58. The molecule has 3 heteroatoms. The predicted molar refractivity (Wildman–Crippen MR) is 88.6 cm³/mol. The molecule has 2 aliphatic heterocycles. The minimum Gasteiger partial charge on any atom is -0.362 e. The zero-order chi connectivity index (χ0) is 16.6. The van der Waals surface area contributed by atoms with Crippen molar-refractivity contribution in [1.29, 1.82) is 0 Å². The number of rotatable bonds is 2. The summed E-state index contributed by atoms with van der Waals surface area (Å²) in [5, 5.41) is 11.2. The standard InChI is InChI=1S/C20H28O3/c1-12(2)14-5-6-18(3)7-8-19(4)15(17(14)18)9-16-13(11-21)10-20(19,22)23-16/h10-12,15-16,22H,5-9H2,1-4H3. The molecule has 2 heterocycles. The van der Waals surface area contributed by atoms with Crippen LogP contribution in [0.1, 0.15) is 59.8 Å².